The molecule has 0 aliphatic carbocycles. The fourth-order valence-corrected chi connectivity index (χ4v) is 2.96. The van der Waals surface area contributed by atoms with Gasteiger partial charge in [0.05, 0.1) is 12.4 Å². The molecule has 0 spiro atoms. The molecule has 0 N–H and O–H groups in total. The Balaban J connectivity index is 1.92. The van der Waals surface area contributed by atoms with Gasteiger partial charge in [-0.15, -0.1) is 0 Å². The van der Waals surface area contributed by atoms with E-state index >= 15 is 0 Å². The monoisotopic (exact) mass is 234 g/mol. The summed E-state index contributed by atoms with van der Waals surface area (Å²) in [6.45, 7) is 3.43. The fraction of sp³-hybridized carbons (Fsp3) is 0.800. The molecule has 0 amide bonds. The quantitative estimate of drug-likeness (QED) is 0.615. The molecule has 1 unspecified atom stereocenters. The number of nitrogens with zero attached hydrogens (tertiary/aromatic N) is 2. The summed E-state index contributed by atoms with van der Waals surface area (Å²) in [5.74, 6) is 0. The molecule has 0 radical (unpaired) electrons. The van der Waals surface area contributed by atoms with Crippen molar-refractivity contribution in [2.45, 2.75) is 70.8 Å². The molecule has 1 fully saturated rings. The Morgan fingerprint density at radius 1 is 1.00 bits per heavy atom. The molecule has 96 valence electrons. The van der Waals surface area contributed by atoms with Crippen LogP contribution in [0.2, 0.25) is 0 Å². The topological polar surface area (TPSA) is 15.6 Å². The summed E-state index contributed by atoms with van der Waals surface area (Å²) in [6, 6.07) is 0.631. The maximum atomic E-state index is 4.35. The van der Waals surface area contributed by atoms with Crippen molar-refractivity contribution in [3.8, 4) is 0 Å². The van der Waals surface area contributed by atoms with Gasteiger partial charge >= 0.3 is 0 Å². The lowest BCUT2D eigenvalue weighted by molar-refractivity contribution is 0.312. The van der Waals surface area contributed by atoms with Gasteiger partial charge in [-0.05, 0) is 25.3 Å². The van der Waals surface area contributed by atoms with Gasteiger partial charge in [-0.1, -0.05) is 44.9 Å². The van der Waals surface area contributed by atoms with E-state index in [0.717, 1.165) is 0 Å². The van der Waals surface area contributed by atoms with Crippen molar-refractivity contribution in [3.63, 3.8) is 0 Å². The average molecular weight is 234 g/mol. The molecule has 17 heavy (non-hydrogen) atoms. The lowest BCUT2D eigenvalue weighted by atomic mass is 9.97. The Morgan fingerprint density at radius 3 is 2.41 bits per heavy atom. The first kappa shape index (κ1) is 12.7. The molecule has 0 aromatic heterocycles. The van der Waals surface area contributed by atoms with E-state index in [1.54, 1.807) is 0 Å². The third-order valence-corrected chi connectivity index (χ3v) is 4.06. The van der Waals surface area contributed by atoms with Crippen molar-refractivity contribution < 1.29 is 0 Å². The highest BCUT2D eigenvalue weighted by Crippen LogP contribution is 2.22. The van der Waals surface area contributed by atoms with Crippen LogP contribution in [0.15, 0.2) is 16.8 Å². The molecule has 2 nitrogen and oxygen atoms in total. The Morgan fingerprint density at radius 2 is 1.65 bits per heavy atom. The summed E-state index contributed by atoms with van der Waals surface area (Å²) in [4.78, 5) is 6.82. The van der Waals surface area contributed by atoms with Crippen LogP contribution in [0.25, 0.3) is 0 Å². The van der Waals surface area contributed by atoms with Gasteiger partial charge in [0.15, 0.2) is 0 Å². The van der Waals surface area contributed by atoms with Crippen LogP contribution in [0, 0.1) is 0 Å². The molecule has 0 aromatic carbocycles. The number of rotatable bonds is 0. The van der Waals surface area contributed by atoms with Crippen LogP contribution in [0.5, 0.6) is 0 Å². The molecule has 1 atom stereocenters. The van der Waals surface area contributed by atoms with Crippen LogP contribution < -0.4 is 0 Å². The molecule has 0 aromatic rings. The van der Waals surface area contributed by atoms with Gasteiger partial charge in [-0.25, -0.2) is 4.99 Å². The van der Waals surface area contributed by atoms with Crippen LogP contribution in [0.4, 0.5) is 0 Å². The van der Waals surface area contributed by atoms with Crippen LogP contribution in [-0.2, 0) is 0 Å². The van der Waals surface area contributed by atoms with E-state index in [2.05, 4.69) is 23.2 Å². The van der Waals surface area contributed by atoms with E-state index in [9.17, 15) is 0 Å². The SMILES string of the molecule is CC1=CN=CN2CCCCCCCCCCC12. The van der Waals surface area contributed by atoms with E-state index in [-0.39, 0.29) is 0 Å². The zero-order valence-corrected chi connectivity index (χ0v) is 11.2. The van der Waals surface area contributed by atoms with Crippen LogP contribution in [0.1, 0.15) is 64.7 Å². The summed E-state index contributed by atoms with van der Waals surface area (Å²) in [5.41, 5.74) is 1.45. The predicted octanol–water partition coefficient (Wildman–Crippen LogP) is 4.13. The second kappa shape index (κ2) is 6.83. The van der Waals surface area contributed by atoms with E-state index in [1.165, 1.54) is 69.9 Å². The fourth-order valence-electron chi connectivity index (χ4n) is 2.96. The highest BCUT2D eigenvalue weighted by atomic mass is 15.2. The highest BCUT2D eigenvalue weighted by molar-refractivity contribution is 5.59. The number of hydrogen-bond donors (Lipinski definition) is 0. The van der Waals surface area contributed by atoms with Crippen molar-refractivity contribution in [2.24, 2.45) is 4.99 Å². The molecule has 2 rings (SSSR count). The van der Waals surface area contributed by atoms with E-state index in [4.69, 9.17) is 0 Å². The number of fused-ring (bicyclic) bond motifs is 1. The standard InChI is InChI=1S/C15H26N2/c1-14-12-16-13-17-11-9-7-5-3-2-4-6-8-10-15(14)17/h12-13,15H,2-11H2,1H3. The van der Waals surface area contributed by atoms with Crippen molar-refractivity contribution >= 4 is 6.34 Å². The molecular weight excluding hydrogens is 208 g/mol. The highest BCUT2D eigenvalue weighted by Gasteiger charge is 2.19. The van der Waals surface area contributed by atoms with Gasteiger partial charge in [0.25, 0.3) is 0 Å². The zero-order valence-electron chi connectivity index (χ0n) is 11.2. The average Bonchev–Trinajstić information content (AvgIpc) is 2.31. The smallest absolute Gasteiger partial charge is 0.0909 e. The third kappa shape index (κ3) is 3.86. The lowest BCUT2D eigenvalue weighted by Crippen LogP contribution is -2.37. The van der Waals surface area contributed by atoms with E-state index < -0.39 is 0 Å². The zero-order chi connectivity index (χ0) is 11.9. The first-order chi connectivity index (χ1) is 8.38. The molecule has 1 saturated heterocycles. The second-order valence-corrected chi connectivity index (χ2v) is 5.51. The summed E-state index contributed by atoms with van der Waals surface area (Å²) in [7, 11) is 0. The van der Waals surface area contributed by atoms with Crippen molar-refractivity contribution in [1.29, 1.82) is 0 Å². The Bertz CT molecular complexity index is 281. The van der Waals surface area contributed by atoms with E-state index in [1.807, 2.05) is 6.20 Å². The van der Waals surface area contributed by atoms with Crippen molar-refractivity contribution in [1.82, 2.24) is 4.90 Å². The minimum atomic E-state index is 0.631. The van der Waals surface area contributed by atoms with Gasteiger partial charge in [-0.3, -0.25) is 0 Å². The minimum absolute atomic E-state index is 0.631. The summed E-state index contributed by atoms with van der Waals surface area (Å²) in [5, 5.41) is 0. The normalized spacial score (nSPS) is 27.7. The molecule has 2 aliphatic rings. The minimum Gasteiger partial charge on any atom is -0.356 e. The molecule has 0 saturated carbocycles. The second-order valence-electron chi connectivity index (χ2n) is 5.51. The van der Waals surface area contributed by atoms with Gasteiger partial charge in [0.2, 0.25) is 0 Å². The maximum Gasteiger partial charge on any atom is 0.0909 e. The van der Waals surface area contributed by atoms with Gasteiger partial charge < -0.3 is 4.90 Å². The van der Waals surface area contributed by atoms with Gasteiger partial charge in [0, 0.05) is 12.7 Å². The largest absolute Gasteiger partial charge is 0.356 e. The first-order valence-electron chi connectivity index (χ1n) is 7.33. The Labute approximate surface area is 106 Å². The van der Waals surface area contributed by atoms with Crippen LogP contribution >= 0.6 is 0 Å². The summed E-state index contributed by atoms with van der Waals surface area (Å²) >= 11 is 0. The summed E-state index contributed by atoms with van der Waals surface area (Å²) < 4.78 is 0. The molecule has 2 heterocycles. The van der Waals surface area contributed by atoms with E-state index in [0.29, 0.717) is 6.04 Å². The maximum absolute atomic E-state index is 4.35. The molecular formula is C15H26N2. The first-order valence-corrected chi connectivity index (χ1v) is 7.33. The number of hydrogen-bond acceptors (Lipinski definition) is 2. The lowest BCUT2D eigenvalue weighted by Gasteiger charge is -2.33. The Hall–Kier alpha value is -0.790. The number of aliphatic imine (C=N–C) groups is 1. The predicted molar refractivity (Wildman–Crippen MR) is 74.3 cm³/mol. The summed E-state index contributed by atoms with van der Waals surface area (Å²) in [6.07, 6.45) is 16.7. The van der Waals surface area contributed by atoms with Crippen molar-refractivity contribution in [2.75, 3.05) is 6.54 Å². The van der Waals surface area contributed by atoms with Crippen LogP contribution in [-0.4, -0.2) is 23.8 Å². The Kier molecular flexibility index (Phi) is 5.08. The molecule has 2 heteroatoms. The van der Waals surface area contributed by atoms with Crippen LogP contribution in [0.3, 0.4) is 0 Å². The van der Waals surface area contributed by atoms with Gasteiger partial charge in [-0.2, -0.15) is 0 Å². The van der Waals surface area contributed by atoms with Crippen molar-refractivity contribution in [3.05, 3.63) is 11.8 Å². The third-order valence-electron chi connectivity index (χ3n) is 4.06. The molecule has 0 bridgehead atoms. The van der Waals surface area contributed by atoms with Gasteiger partial charge in [0.1, 0.15) is 0 Å². The molecule has 2 aliphatic heterocycles.